The van der Waals surface area contributed by atoms with Gasteiger partial charge in [-0.05, 0) is 0 Å². The van der Waals surface area contributed by atoms with Gasteiger partial charge in [0.2, 0.25) is 0 Å². The van der Waals surface area contributed by atoms with E-state index < -0.39 is 18.9 Å². The maximum absolute atomic E-state index is 12.0. The SMILES string of the molecule is FC(F)(F)COC1(F)N=N1. The fourth-order valence-electron chi connectivity index (χ4n) is 0.271. The average molecular weight is 158 g/mol. The summed E-state index contributed by atoms with van der Waals surface area (Å²) in [6.45, 7) is -1.67. The summed E-state index contributed by atoms with van der Waals surface area (Å²) in [5.41, 5.74) is 0. The van der Waals surface area contributed by atoms with Crippen molar-refractivity contribution in [2.45, 2.75) is 12.3 Å². The number of hydrogen-bond acceptors (Lipinski definition) is 3. The van der Waals surface area contributed by atoms with Gasteiger partial charge in [-0.15, -0.1) is 0 Å². The molecule has 58 valence electrons. The minimum atomic E-state index is -4.54. The molecule has 1 rings (SSSR count). The Balaban J connectivity index is 2.17. The van der Waals surface area contributed by atoms with Gasteiger partial charge in [0.25, 0.3) is 0 Å². The van der Waals surface area contributed by atoms with Crippen LogP contribution in [0.25, 0.3) is 0 Å². The third kappa shape index (κ3) is 2.26. The first-order chi connectivity index (χ1) is 4.41. The molecule has 0 spiro atoms. The lowest BCUT2D eigenvalue weighted by Gasteiger charge is -2.05. The molecular formula is C3H2F4N2O. The Morgan fingerprint density at radius 2 is 1.80 bits per heavy atom. The van der Waals surface area contributed by atoms with Crippen molar-refractivity contribution in [1.82, 2.24) is 0 Å². The number of alkyl halides is 4. The summed E-state index contributed by atoms with van der Waals surface area (Å²) >= 11 is 0. The molecule has 1 aliphatic heterocycles. The zero-order chi connectivity index (χ0) is 7.83. The lowest BCUT2D eigenvalue weighted by Crippen LogP contribution is -2.22. The van der Waals surface area contributed by atoms with Gasteiger partial charge < -0.3 is 0 Å². The zero-order valence-electron chi connectivity index (χ0n) is 4.52. The topological polar surface area (TPSA) is 34.0 Å². The fraction of sp³-hybridized carbons (Fsp3) is 1.00. The van der Waals surface area contributed by atoms with Gasteiger partial charge in [-0.2, -0.15) is 17.6 Å². The highest BCUT2D eigenvalue weighted by atomic mass is 19.4. The number of halogens is 4. The first kappa shape index (κ1) is 7.39. The Bertz CT molecular complexity index is 153. The standard InChI is InChI=1S/C3H2F4N2O/c4-2(5,6)1-10-3(7)8-9-3/h1H2. The van der Waals surface area contributed by atoms with Crippen molar-refractivity contribution in [1.29, 1.82) is 0 Å². The third-order valence-electron chi connectivity index (χ3n) is 0.677. The second-order valence-electron chi connectivity index (χ2n) is 1.63. The molecular weight excluding hydrogens is 156 g/mol. The van der Waals surface area contributed by atoms with E-state index in [0.29, 0.717) is 0 Å². The zero-order valence-corrected chi connectivity index (χ0v) is 4.52. The molecule has 10 heavy (non-hydrogen) atoms. The Kier molecular flexibility index (Phi) is 1.39. The molecule has 0 bridgehead atoms. The number of nitrogens with zero attached hydrogens (tertiary/aromatic N) is 2. The molecule has 1 heterocycles. The molecule has 0 amide bonds. The molecule has 0 unspecified atom stereocenters. The second-order valence-corrected chi connectivity index (χ2v) is 1.63. The Morgan fingerprint density at radius 3 is 2.10 bits per heavy atom. The van der Waals surface area contributed by atoms with Crippen molar-refractivity contribution >= 4 is 0 Å². The molecule has 0 atom stereocenters. The summed E-state index contributed by atoms with van der Waals surface area (Å²) in [6.07, 6.45) is -7.25. The minimum absolute atomic E-state index is 1.67. The van der Waals surface area contributed by atoms with E-state index in [-0.39, 0.29) is 0 Å². The first-order valence-electron chi connectivity index (χ1n) is 2.25. The molecule has 3 nitrogen and oxygen atoms in total. The highest BCUT2D eigenvalue weighted by Gasteiger charge is 2.45. The van der Waals surface area contributed by atoms with Crippen molar-refractivity contribution < 1.29 is 22.3 Å². The second kappa shape index (κ2) is 1.88. The molecule has 0 aromatic rings. The third-order valence-corrected chi connectivity index (χ3v) is 0.677. The largest absolute Gasteiger partial charge is 0.449 e. The lowest BCUT2D eigenvalue weighted by molar-refractivity contribution is -0.213. The van der Waals surface area contributed by atoms with Crippen LogP contribution < -0.4 is 0 Å². The molecule has 7 heteroatoms. The van der Waals surface area contributed by atoms with Crippen LogP contribution >= 0.6 is 0 Å². The molecule has 0 saturated heterocycles. The quantitative estimate of drug-likeness (QED) is 0.444. The highest BCUT2D eigenvalue weighted by molar-refractivity contribution is 4.69. The molecule has 0 radical (unpaired) electrons. The highest BCUT2D eigenvalue weighted by Crippen LogP contribution is 2.32. The van der Waals surface area contributed by atoms with Gasteiger partial charge in [0.05, 0.1) is 0 Å². The molecule has 0 aromatic heterocycles. The van der Waals surface area contributed by atoms with Gasteiger partial charge in [0.1, 0.15) is 0 Å². The minimum Gasteiger partial charge on any atom is -0.297 e. The first-order valence-corrected chi connectivity index (χ1v) is 2.25. The van der Waals surface area contributed by atoms with Crippen LogP contribution in [0.3, 0.4) is 0 Å². The summed E-state index contributed by atoms with van der Waals surface area (Å²) in [6, 6.07) is 0. The van der Waals surface area contributed by atoms with Crippen molar-refractivity contribution in [3.8, 4) is 0 Å². The summed E-state index contributed by atoms with van der Waals surface area (Å²) < 4.78 is 49.3. The number of rotatable bonds is 2. The molecule has 0 aliphatic carbocycles. The molecule has 0 saturated carbocycles. The smallest absolute Gasteiger partial charge is 0.297 e. The van der Waals surface area contributed by atoms with Gasteiger partial charge in [0, 0.05) is 0 Å². The number of hydrogen-bond donors (Lipinski definition) is 0. The average Bonchev–Trinajstić information content (AvgIpc) is 2.43. The van der Waals surface area contributed by atoms with Crippen molar-refractivity contribution in [2.24, 2.45) is 10.2 Å². The van der Waals surface area contributed by atoms with E-state index in [4.69, 9.17) is 0 Å². The van der Waals surface area contributed by atoms with E-state index in [1.54, 1.807) is 0 Å². The Labute approximate surface area is 52.7 Å². The van der Waals surface area contributed by atoms with Crippen LogP contribution in [-0.2, 0) is 4.74 Å². The van der Waals surface area contributed by atoms with Crippen LogP contribution in [0.5, 0.6) is 0 Å². The normalized spacial score (nSPS) is 21.2. The van der Waals surface area contributed by atoms with Gasteiger partial charge >= 0.3 is 12.3 Å². The van der Waals surface area contributed by atoms with Crippen LogP contribution in [0.2, 0.25) is 0 Å². The molecule has 0 fully saturated rings. The van der Waals surface area contributed by atoms with Gasteiger partial charge in [-0.1, -0.05) is 10.2 Å². The van der Waals surface area contributed by atoms with Gasteiger partial charge in [0.15, 0.2) is 6.61 Å². The van der Waals surface area contributed by atoms with E-state index in [9.17, 15) is 17.6 Å². The number of ether oxygens (including phenoxy) is 1. The van der Waals surface area contributed by atoms with Crippen molar-refractivity contribution in [3.05, 3.63) is 0 Å². The Hall–Kier alpha value is -0.720. The summed E-state index contributed by atoms with van der Waals surface area (Å²) in [5, 5.41) is 5.15. The molecule has 0 N–H and O–H groups in total. The van der Waals surface area contributed by atoms with E-state index in [1.807, 2.05) is 0 Å². The summed E-state index contributed by atoms with van der Waals surface area (Å²) in [4.78, 5) is 0. The maximum Gasteiger partial charge on any atom is 0.449 e. The predicted octanol–water partition coefficient (Wildman–Crippen LogP) is 1.61. The van der Waals surface area contributed by atoms with Crippen molar-refractivity contribution in [2.75, 3.05) is 6.61 Å². The molecule has 1 aliphatic rings. The Morgan fingerprint density at radius 1 is 1.30 bits per heavy atom. The van der Waals surface area contributed by atoms with Crippen LogP contribution in [-0.4, -0.2) is 18.9 Å². The molecule has 0 aromatic carbocycles. The van der Waals surface area contributed by atoms with E-state index in [2.05, 4.69) is 15.0 Å². The van der Waals surface area contributed by atoms with Crippen molar-refractivity contribution in [3.63, 3.8) is 0 Å². The monoisotopic (exact) mass is 158 g/mol. The lowest BCUT2D eigenvalue weighted by atomic mass is 10.7. The van der Waals surface area contributed by atoms with Crippen LogP contribution in [0, 0.1) is 0 Å². The van der Waals surface area contributed by atoms with E-state index in [0.717, 1.165) is 0 Å². The van der Waals surface area contributed by atoms with Gasteiger partial charge in [-0.3, -0.25) is 4.74 Å². The summed E-state index contributed by atoms with van der Waals surface area (Å²) in [5.74, 6) is 0. The van der Waals surface area contributed by atoms with Gasteiger partial charge in [-0.25, -0.2) is 0 Å². The van der Waals surface area contributed by atoms with Crippen LogP contribution in [0.1, 0.15) is 0 Å². The predicted molar refractivity (Wildman–Crippen MR) is 20.7 cm³/mol. The maximum atomic E-state index is 12.0. The summed E-state index contributed by atoms with van der Waals surface area (Å²) in [7, 11) is 0. The van der Waals surface area contributed by atoms with Crippen LogP contribution in [0.15, 0.2) is 10.2 Å². The fourth-order valence-corrected chi connectivity index (χ4v) is 0.271. The van der Waals surface area contributed by atoms with E-state index in [1.165, 1.54) is 0 Å². The van der Waals surface area contributed by atoms with Crippen LogP contribution in [0.4, 0.5) is 17.6 Å². The van der Waals surface area contributed by atoms with E-state index >= 15 is 0 Å².